The summed E-state index contributed by atoms with van der Waals surface area (Å²) in [4.78, 5) is 11.4. The van der Waals surface area contributed by atoms with E-state index in [9.17, 15) is 18.7 Å². The fourth-order valence-electron chi connectivity index (χ4n) is 1.73. The number of amides is 1. The van der Waals surface area contributed by atoms with E-state index in [1.54, 1.807) is 20.8 Å². The van der Waals surface area contributed by atoms with Crippen LogP contribution >= 0.6 is 0 Å². The molecule has 0 heterocycles. The van der Waals surface area contributed by atoms with Crippen LogP contribution in [0.3, 0.4) is 0 Å². The number of rotatable bonds is 1. The van der Waals surface area contributed by atoms with Crippen LogP contribution in [0.5, 0.6) is 0 Å². The molecule has 0 bridgehead atoms. The molecular formula is C11H19F2NO3. The van der Waals surface area contributed by atoms with Crippen LogP contribution in [-0.4, -0.2) is 34.9 Å². The van der Waals surface area contributed by atoms with E-state index in [0.717, 1.165) is 0 Å². The molecule has 2 atom stereocenters. The Morgan fingerprint density at radius 1 is 1.47 bits per heavy atom. The second kappa shape index (κ2) is 4.76. The van der Waals surface area contributed by atoms with Gasteiger partial charge in [-0.05, 0) is 27.2 Å². The number of nitrogens with one attached hydrogen (secondary N) is 1. The van der Waals surface area contributed by atoms with Gasteiger partial charge in [0.2, 0.25) is 5.92 Å². The van der Waals surface area contributed by atoms with Crippen molar-refractivity contribution in [1.82, 2.24) is 5.32 Å². The normalized spacial score (nSPS) is 28.6. The van der Waals surface area contributed by atoms with Crippen molar-refractivity contribution in [2.24, 2.45) is 0 Å². The minimum absolute atomic E-state index is 0.0204. The number of aliphatic hydroxyl groups excluding tert-OH is 1. The second-order valence-corrected chi connectivity index (χ2v) is 5.42. The van der Waals surface area contributed by atoms with Crippen LogP contribution < -0.4 is 5.32 Å². The van der Waals surface area contributed by atoms with Crippen molar-refractivity contribution in [1.29, 1.82) is 0 Å². The standard InChI is InChI=1S/C11H19F2NO3/c1-10(2,3)17-9(16)14-7-6-11(12,13)5-4-8(7)15/h7-8,15H,4-6H2,1-3H3,(H,14,16)/t7-,8-/m1/s1. The predicted molar refractivity (Wildman–Crippen MR) is 58.0 cm³/mol. The van der Waals surface area contributed by atoms with Gasteiger partial charge in [-0.3, -0.25) is 0 Å². The molecule has 0 aromatic carbocycles. The average molecular weight is 251 g/mol. The molecule has 1 saturated carbocycles. The largest absolute Gasteiger partial charge is 0.444 e. The summed E-state index contributed by atoms with van der Waals surface area (Å²) in [5.41, 5.74) is -0.688. The number of hydrogen-bond acceptors (Lipinski definition) is 3. The molecule has 1 aliphatic carbocycles. The van der Waals surface area contributed by atoms with E-state index < -0.39 is 36.2 Å². The molecule has 2 N–H and O–H groups in total. The maximum absolute atomic E-state index is 13.1. The highest BCUT2D eigenvalue weighted by atomic mass is 19.3. The van der Waals surface area contributed by atoms with Gasteiger partial charge in [-0.25, -0.2) is 13.6 Å². The van der Waals surface area contributed by atoms with Crippen LogP contribution in [0.1, 0.15) is 40.0 Å². The first-order valence-corrected chi connectivity index (χ1v) is 5.64. The number of ether oxygens (including phenoxy) is 1. The summed E-state index contributed by atoms with van der Waals surface area (Å²) in [6.07, 6.45) is -2.64. The highest BCUT2D eigenvalue weighted by molar-refractivity contribution is 5.68. The zero-order valence-corrected chi connectivity index (χ0v) is 10.3. The van der Waals surface area contributed by atoms with E-state index in [-0.39, 0.29) is 12.8 Å². The van der Waals surface area contributed by atoms with E-state index in [0.29, 0.717) is 0 Å². The molecule has 17 heavy (non-hydrogen) atoms. The van der Waals surface area contributed by atoms with Crippen molar-refractivity contribution in [2.75, 3.05) is 0 Å². The number of alkyl carbamates (subject to hydrolysis) is 1. The molecule has 0 aromatic rings. The highest BCUT2D eigenvalue weighted by Gasteiger charge is 2.41. The van der Waals surface area contributed by atoms with Crippen LogP contribution in [0, 0.1) is 0 Å². The molecule has 0 saturated heterocycles. The summed E-state index contributed by atoms with van der Waals surface area (Å²) >= 11 is 0. The molecule has 0 spiro atoms. The Labute approximate surface area is 99.3 Å². The van der Waals surface area contributed by atoms with Gasteiger partial charge in [0, 0.05) is 12.8 Å². The fraction of sp³-hybridized carbons (Fsp3) is 0.909. The molecular weight excluding hydrogens is 232 g/mol. The van der Waals surface area contributed by atoms with Gasteiger partial charge in [0.1, 0.15) is 5.60 Å². The average Bonchev–Trinajstić information content (AvgIpc) is 2.07. The SMILES string of the molecule is CC(C)(C)OC(=O)N[C@@H]1CC(F)(F)CC[C@H]1O. The summed E-state index contributed by atoms with van der Waals surface area (Å²) in [6.45, 7) is 5.04. The Balaban J connectivity index is 2.52. The number of carbonyl (C=O) groups is 1. The smallest absolute Gasteiger partial charge is 0.407 e. The highest BCUT2D eigenvalue weighted by Crippen LogP contribution is 2.33. The zero-order valence-electron chi connectivity index (χ0n) is 10.3. The Morgan fingerprint density at radius 2 is 2.06 bits per heavy atom. The van der Waals surface area contributed by atoms with E-state index in [1.807, 2.05) is 0 Å². The number of alkyl halides is 2. The first-order valence-electron chi connectivity index (χ1n) is 5.64. The van der Waals surface area contributed by atoms with Crippen LogP contribution in [-0.2, 0) is 4.74 Å². The van der Waals surface area contributed by atoms with Crippen molar-refractivity contribution < 1.29 is 23.4 Å². The van der Waals surface area contributed by atoms with Crippen molar-refractivity contribution >= 4 is 6.09 Å². The van der Waals surface area contributed by atoms with Gasteiger partial charge in [0.25, 0.3) is 0 Å². The Kier molecular flexibility index (Phi) is 3.96. The van der Waals surface area contributed by atoms with Gasteiger partial charge in [-0.2, -0.15) is 0 Å². The molecule has 0 aliphatic heterocycles. The Hall–Kier alpha value is -0.910. The lowest BCUT2D eigenvalue weighted by molar-refractivity contribution is -0.0787. The van der Waals surface area contributed by atoms with Crippen LogP contribution in [0.2, 0.25) is 0 Å². The predicted octanol–water partition coefficient (Wildman–Crippen LogP) is 2.06. The van der Waals surface area contributed by atoms with E-state index in [2.05, 4.69) is 5.32 Å². The number of halogens is 2. The molecule has 6 heteroatoms. The summed E-state index contributed by atoms with van der Waals surface area (Å²) in [6, 6.07) is -0.950. The molecule has 0 unspecified atom stereocenters. The Morgan fingerprint density at radius 3 is 2.59 bits per heavy atom. The third kappa shape index (κ3) is 4.85. The molecule has 0 radical (unpaired) electrons. The maximum atomic E-state index is 13.1. The van der Waals surface area contributed by atoms with E-state index >= 15 is 0 Å². The van der Waals surface area contributed by atoms with Crippen LogP contribution in [0.15, 0.2) is 0 Å². The number of hydrogen-bond donors (Lipinski definition) is 2. The fourth-order valence-corrected chi connectivity index (χ4v) is 1.73. The maximum Gasteiger partial charge on any atom is 0.407 e. The summed E-state index contributed by atoms with van der Waals surface area (Å²) < 4.78 is 31.2. The Bertz CT molecular complexity index is 289. The van der Waals surface area contributed by atoms with Crippen molar-refractivity contribution in [3.8, 4) is 0 Å². The number of aliphatic hydroxyl groups is 1. The first kappa shape index (κ1) is 14.2. The third-order valence-electron chi connectivity index (χ3n) is 2.49. The van der Waals surface area contributed by atoms with Crippen LogP contribution in [0.25, 0.3) is 0 Å². The molecule has 1 aliphatic rings. The first-order chi connectivity index (χ1) is 7.59. The van der Waals surface area contributed by atoms with Gasteiger partial charge in [0.05, 0.1) is 12.1 Å². The monoisotopic (exact) mass is 251 g/mol. The van der Waals surface area contributed by atoms with E-state index in [1.165, 1.54) is 0 Å². The summed E-state index contributed by atoms with van der Waals surface area (Å²) in [7, 11) is 0. The third-order valence-corrected chi connectivity index (χ3v) is 2.49. The van der Waals surface area contributed by atoms with Gasteiger partial charge in [0.15, 0.2) is 0 Å². The zero-order chi connectivity index (χ0) is 13.3. The van der Waals surface area contributed by atoms with Gasteiger partial charge < -0.3 is 15.2 Å². The number of carbonyl (C=O) groups excluding carboxylic acids is 1. The lowest BCUT2D eigenvalue weighted by atomic mass is 9.89. The minimum Gasteiger partial charge on any atom is -0.444 e. The molecule has 0 aromatic heterocycles. The molecule has 100 valence electrons. The van der Waals surface area contributed by atoms with Gasteiger partial charge in [-0.1, -0.05) is 0 Å². The van der Waals surface area contributed by atoms with E-state index in [4.69, 9.17) is 4.74 Å². The molecule has 1 fully saturated rings. The molecule has 4 nitrogen and oxygen atoms in total. The lowest BCUT2D eigenvalue weighted by Crippen LogP contribution is -2.51. The minimum atomic E-state index is -2.83. The van der Waals surface area contributed by atoms with Gasteiger partial charge in [-0.15, -0.1) is 0 Å². The quantitative estimate of drug-likeness (QED) is 0.750. The van der Waals surface area contributed by atoms with Crippen molar-refractivity contribution in [3.63, 3.8) is 0 Å². The topological polar surface area (TPSA) is 58.6 Å². The van der Waals surface area contributed by atoms with Crippen LogP contribution in [0.4, 0.5) is 13.6 Å². The summed E-state index contributed by atoms with van der Waals surface area (Å²) in [5.74, 6) is -2.83. The molecule has 1 rings (SSSR count). The molecule has 1 amide bonds. The summed E-state index contributed by atoms with van der Waals surface area (Å²) in [5, 5.41) is 11.8. The lowest BCUT2D eigenvalue weighted by Gasteiger charge is -2.33. The van der Waals surface area contributed by atoms with Crippen molar-refractivity contribution in [3.05, 3.63) is 0 Å². The van der Waals surface area contributed by atoms with Crippen molar-refractivity contribution in [2.45, 2.75) is 63.7 Å². The van der Waals surface area contributed by atoms with Gasteiger partial charge >= 0.3 is 6.09 Å². The second-order valence-electron chi connectivity index (χ2n) is 5.42.